The first-order valence-electron chi connectivity index (χ1n) is 24.6. The van der Waals surface area contributed by atoms with E-state index in [0.29, 0.717) is 68.9 Å². The summed E-state index contributed by atoms with van der Waals surface area (Å²) in [5, 5.41) is 0. The Kier molecular flexibility index (Phi) is 16.5. The average molecular weight is 887 g/mol. The van der Waals surface area contributed by atoms with Crippen molar-refractivity contribution in [3.8, 4) is 0 Å². The van der Waals surface area contributed by atoms with E-state index in [1.165, 1.54) is 57.6 Å². The Balaban J connectivity index is 1.21. The maximum atomic E-state index is 14.4. The molecule has 0 aromatic carbocycles. The zero-order chi connectivity index (χ0) is 47.3. The van der Waals surface area contributed by atoms with Crippen LogP contribution < -0.4 is 0 Å². The van der Waals surface area contributed by atoms with Crippen molar-refractivity contribution in [3.63, 3.8) is 0 Å². The van der Waals surface area contributed by atoms with E-state index in [1.54, 1.807) is 6.92 Å². The molecule has 6 aliphatic rings. The lowest BCUT2D eigenvalue weighted by atomic mass is 9.83. The van der Waals surface area contributed by atoms with Gasteiger partial charge < -0.3 is 9.47 Å². The number of methoxy groups -OCH3 is 1. The lowest BCUT2D eigenvalue weighted by Crippen LogP contribution is -2.25. The summed E-state index contributed by atoms with van der Waals surface area (Å²) in [7, 11) is 1.28. The molecule has 0 amide bonds. The number of allylic oxidation sites excluding steroid dienone is 10. The Bertz CT molecular complexity index is 2300. The minimum Gasteiger partial charge on any atom is -0.468 e. The Labute approximate surface area is 388 Å². The molecule has 5 heterocycles. The van der Waals surface area contributed by atoms with E-state index in [1.807, 2.05) is 45.1 Å². The van der Waals surface area contributed by atoms with Gasteiger partial charge in [0, 0.05) is 63.9 Å². The van der Waals surface area contributed by atoms with Gasteiger partial charge in [-0.3, -0.25) is 29.2 Å². The normalized spacial score (nSPS) is 24.8. The maximum absolute atomic E-state index is 14.4. The highest BCUT2D eigenvalue weighted by atomic mass is 16.5. The lowest BCUT2D eigenvalue weighted by molar-refractivity contribution is -0.146. The van der Waals surface area contributed by atoms with Gasteiger partial charge in [0.1, 0.15) is 12.5 Å². The second kappa shape index (κ2) is 21.6. The van der Waals surface area contributed by atoms with Crippen molar-refractivity contribution >= 4 is 46.4 Å². The third-order valence-electron chi connectivity index (χ3n) is 14.8. The summed E-state index contributed by atoms with van der Waals surface area (Å²) in [6, 6.07) is 0. The van der Waals surface area contributed by atoms with E-state index in [-0.39, 0.29) is 54.2 Å². The van der Waals surface area contributed by atoms with Crippen LogP contribution in [0, 0.1) is 47.3 Å². The van der Waals surface area contributed by atoms with Crippen LogP contribution in [0.3, 0.4) is 0 Å². The van der Waals surface area contributed by atoms with Crippen LogP contribution in [0.5, 0.6) is 0 Å². The minimum absolute atomic E-state index is 0.0565. The zero-order valence-corrected chi connectivity index (χ0v) is 41.4. The minimum atomic E-state index is -1.25. The molecule has 0 spiro atoms. The van der Waals surface area contributed by atoms with Crippen molar-refractivity contribution in [1.29, 1.82) is 0 Å². The summed E-state index contributed by atoms with van der Waals surface area (Å²) < 4.78 is 11.0. The Hall–Kier alpha value is -4.86. The van der Waals surface area contributed by atoms with Gasteiger partial charge in [-0.1, -0.05) is 99.0 Å². The van der Waals surface area contributed by atoms with Crippen molar-refractivity contribution in [3.05, 3.63) is 80.5 Å². The van der Waals surface area contributed by atoms with Crippen molar-refractivity contribution < 1.29 is 28.7 Å². The average Bonchev–Trinajstić information content (AvgIpc) is 4.00. The third kappa shape index (κ3) is 11.1. The predicted octanol–water partition coefficient (Wildman–Crippen LogP) is 11.9. The van der Waals surface area contributed by atoms with Crippen LogP contribution in [-0.2, 0) is 28.7 Å². The molecule has 1 fully saturated rings. The van der Waals surface area contributed by atoms with Gasteiger partial charge in [-0.2, -0.15) is 0 Å². The lowest BCUT2D eigenvalue weighted by Gasteiger charge is -2.20. The molecule has 1 aliphatic carbocycles. The van der Waals surface area contributed by atoms with Crippen LogP contribution >= 0.6 is 0 Å². The van der Waals surface area contributed by atoms with Crippen LogP contribution in [0.2, 0.25) is 0 Å². The molecule has 65 heavy (non-hydrogen) atoms. The highest BCUT2D eigenvalue weighted by Crippen LogP contribution is 2.48. The molecule has 0 saturated heterocycles. The molecule has 7 atom stereocenters. The Morgan fingerprint density at radius 1 is 0.769 bits per heavy atom. The monoisotopic (exact) mass is 887 g/mol. The number of aliphatic imine (C=N–C) groups is 4. The molecular formula is C55H74N4O6. The van der Waals surface area contributed by atoms with Crippen LogP contribution in [0.4, 0.5) is 0 Å². The third-order valence-corrected chi connectivity index (χ3v) is 14.8. The second-order valence-corrected chi connectivity index (χ2v) is 20.2. The number of hydrogen-bond donors (Lipinski definition) is 0. The number of ketones is 2. The van der Waals surface area contributed by atoms with E-state index >= 15 is 0 Å². The van der Waals surface area contributed by atoms with Crippen molar-refractivity contribution in [2.45, 2.75) is 153 Å². The number of rotatable bonds is 20. The van der Waals surface area contributed by atoms with E-state index in [2.05, 4.69) is 48.5 Å². The van der Waals surface area contributed by atoms with Gasteiger partial charge in [0.2, 0.25) is 0 Å². The number of hydrogen-bond acceptors (Lipinski definition) is 10. The van der Waals surface area contributed by atoms with Gasteiger partial charge in [-0.25, -0.2) is 9.98 Å². The summed E-state index contributed by atoms with van der Waals surface area (Å²) in [6.45, 7) is 23.3. The number of nitrogens with zero attached hydrogens (tertiary/aromatic N) is 4. The van der Waals surface area contributed by atoms with Crippen LogP contribution in [0.25, 0.3) is 0 Å². The van der Waals surface area contributed by atoms with Gasteiger partial charge in [-0.15, -0.1) is 0 Å². The second-order valence-electron chi connectivity index (χ2n) is 20.2. The van der Waals surface area contributed by atoms with Crippen LogP contribution in [-0.4, -0.2) is 60.1 Å². The molecule has 6 rings (SSSR count). The molecule has 0 N–H and O–H groups in total. The van der Waals surface area contributed by atoms with E-state index in [0.717, 1.165) is 48.1 Å². The van der Waals surface area contributed by atoms with Crippen molar-refractivity contribution in [2.75, 3.05) is 13.7 Å². The van der Waals surface area contributed by atoms with Gasteiger partial charge in [-0.05, 0) is 107 Å². The molecule has 5 aliphatic heterocycles. The smallest absolute Gasteiger partial charge is 0.321 e. The molecule has 8 bridgehead atoms. The summed E-state index contributed by atoms with van der Waals surface area (Å²) in [4.78, 5) is 75.0. The van der Waals surface area contributed by atoms with E-state index in [9.17, 15) is 19.2 Å². The van der Waals surface area contributed by atoms with Gasteiger partial charge in [0.15, 0.2) is 11.6 Å². The fraction of sp³-hybridized carbons (Fsp3) is 0.600. The quantitative estimate of drug-likeness (QED) is 0.0678. The Morgan fingerprint density at radius 3 is 2.06 bits per heavy atom. The molecule has 0 radical (unpaired) electrons. The molecule has 0 unspecified atom stereocenters. The molecule has 0 aromatic rings. The first-order chi connectivity index (χ1) is 30.9. The van der Waals surface area contributed by atoms with E-state index in [4.69, 9.17) is 29.4 Å². The first-order valence-corrected chi connectivity index (χ1v) is 24.6. The van der Waals surface area contributed by atoms with Crippen LogP contribution in [0.15, 0.2) is 101 Å². The summed E-state index contributed by atoms with van der Waals surface area (Å²) in [5.74, 6) is -0.869. The molecule has 10 heteroatoms. The summed E-state index contributed by atoms with van der Waals surface area (Å²) in [6.07, 6.45) is 20.3. The first kappa shape index (κ1) is 49.6. The maximum Gasteiger partial charge on any atom is 0.321 e. The zero-order valence-electron chi connectivity index (χ0n) is 41.4. The molecule has 350 valence electrons. The Morgan fingerprint density at radius 2 is 1.42 bits per heavy atom. The number of Topliss-reactive ketones (excluding diaryl/α,β-unsaturated/α-hetero) is 2. The highest BCUT2D eigenvalue weighted by Gasteiger charge is 2.51. The fourth-order valence-corrected chi connectivity index (χ4v) is 10.6. The van der Waals surface area contributed by atoms with Crippen molar-refractivity contribution in [2.24, 2.45) is 67.3 Å². The predicted molar refractivity (Wildman–Crippen MR) is 262 cm³/mol. The van der Waals surface area contributed by atoms with Crippen molar-refractivity contribution in [1.82, 2.24) is 0 Å². The molecular weight excluding hydrogens is 813 g/mol. The fourth-order valence-electron chi connectivity index (χ4n) is 10.6. The van der Waals surface area contributed by atoms with Gasteiger partial charge in [0.05, 0.1) is 35.6 Å². The number of ether oxygens (including phenoxy) is 2. The topological polar surface area (TPSA) is 136 Å². The highest BCUT2D eigenvalue weighted by molar-refractivity contribution is 6.42. The molecule has 0 aromatic heterocycles. The number of carbonyl (C=O) groups excluding carboxylic acids is 4. The van der Waals surface area contributed by atoms with Gasteiger partial charge in [0.25, 0.3) is 0 Å². The largest absolute Gasteiger partial charge is 0.468 e. The summed E-state index contributed by atoms with van der Waals surface area (Å²) in [5.41, 5.74) is 9.10. The van der Waals surface area contributed by atoms with E-state index < -0.39 is 11.9 Å². The summed E-state index contributed by atoms with van der Waals surface area (Å²) >= 11 is 0. The molecule has 10 nitrogen and oxygen atoms in total. The number of fused-ring (bicyclic) bond motifs is 4. The SMILES string of the molecule is CC[C@H]1C2=NC(=CC3=NC(=CC4=NC(=C5C6=NC(=C2)C(C)=C6C(=O)[C@@H]5C(=O)OC)[C@@H](CCC(=O)OCC=C(C)CCC[C@@H](C)CCC[C@@H](C)CCCC(C)C)[C@@H]4C)C(C)=C3C(C)=O)[C@@H]1C. The van der Waals surface area contributed by atoms with Gasteiger partial charge >= 0.3 is 11.9 Å². The van der Waals surface area contributed by atoms with Crippen LogP contribution in [0.1, 0.15) is 153 Å². The standard InChI is InChI=1S/C55H74N4O6/c1-13-39-34(7)41-29-46-48(38(11)60)36(9)43(57-46)27-42-35(8)40(52(58-42)50-51(55(63)64-12)54(62)49-37(10)44(59-53(49)50)28-45(39)56-41)23-24-47(61)65-26-25-33(6)22-16-21-32(5)20-15-19-31(4)18-14-17-30(2)3/h25,27-32,34-35,39-40,51H,13-24,26H2,1-12H3/t31-,32-,34+,35-,39+,40-,51+/m0/s1. The number of carbonyl (C=O) groups is 4. The molecule has 1 saturated carbocycles. The number of esters is 2.